The van der Waals surface area contributed by atoms with E-state index < -0.39 is 0 Å². The molecule has 0 atom stereocenters. The molecular weight excluding hydrogens is 821 g/mol. The Kier molecular flexibility index (Phi) is 8.21. The van der Waals surface area contributed by atoms with Gasteiger partial charge in [-0.25, -0.2) is 0 Å². The maximum Gasteiger partial charge on any atom is 0.159 e. The largest absolute Gasteiger partial charge is 0.452 e. The molecule has 66 heavy (non-hydrogen) atoms. The first-order valence-corrected chi connectivity index (χ1v) is 23.3. The van der Waals surface area contributed by atoms with Crippen molar-refractivity contribution < 1.29 is 4.74 Å². The van der Waals surface area contributed by atoms with Gasteiger partial charge >= 0.3 is 0 Å². The smallest absolute Gasteiger partial charge is 0.159 e. The van der Waals surface area contributed by atoms with Gasteiger partial charge in [-0.05, 0) is 137 Å². The minimum atomic E-state index is 0.821. The average molecular weight is 859 g/mol. The molecule has 0 bridgehead atoms. The summed E-state index contributed by atoms with van der Waals surface area (Å²) in [5, 5.41) is 12.2. The van der Waals surface area contributed by atoms with E-state index in [1.54, 1.807) is 0 Å². The molecule has 0 spiro atoms. The first-order valence-electron chi connectivity index (χ1n) is 22.5. The number of anilines is 6. The van der Waals surface area contributed by atoms with E-state index in [-0.39, 0.29) is 0 Å². The lowest BCUT2D eigenvalue weighted by atomic mass is 9.93. The Morgan fingerprint density at radius 1 is 0.288 bits per heavy atom. The summed E-state index contributed by atoms with van der Waals surface area (Å²) >= 11 is 1.84. The lowest BCUT2D eigenvalue weighted by Crippen LogP contribution is -2.16. The molecule has 0 radical (unpaired) electrons. The van der Waals surface area contributed by atoms with Gasteiger partial charge in [-0.1, -0.05) is 176 Å². The van der Waals surface area contributed by atoms with E-state index in [1.165, 1.54) is 69.7 Å². The normalized spacial score (nSPS) is 12.8. The standard InChI is InChI=1S/C62H38N2OS/c1-2-12-39(13-3-1)40-22-27-46(28-23-40)63-56-32-26-45(37-60(56)66-61-36-43-16-5-4-15-42(43)34-58(61)63)44-25-31-55-59(35-44)65-62-48-17-7-6-14-41(48)24-33-57(62)64(55)47-29-30-53-51-20-9-8-18-49(51)50-19-10-11-21-52(50)54(53)38-47/h1-38H. The average Bonchev–Trinajstić information content (AvgIpc) is 3.39. The van der Waals surface area contributed by atoms with Gasteiger partial charge < -0.3 is 14.5 Å². The topological polar surface area (TPSA) is 15.7 Å². The van der Waals surface area contributed by atoms with E-state index in [9.17, 15) is 0 Å². The molecule has 2 heterocycles. The van der Waals surface area contributed by atoms with Gasteiger partial charge in [-0.2, -0.15) is 0 Å². The zero-order valence-electron chi connectivity index (χ0n) is 35.7. The molecule has 2 aliphatic rings. The Labute approximate surface area is 386 Å². The van der Waals surface area contributed by atoms with Gasteiger partial charge in [0.25, 0.3) is 0 Å². The fourth-order valence-electron chi connectivity index (χ4n) is 10.4. The third kappa shape index (κ3) is 5.78. The van der Waals surface area contributed by atoms with Crippen LogP contribution in [0.5, 0.6) is 11.5 Å². The highest BCUT2D eigenvalue weighted by Gasteiger charge is 2.30. The highest BCUT2D eigenvalue weighted by atomic mass is 32.2. The molecule has 0 saturated carbocycles. The third-order valence-electron chi connectivity index (χ3n) is 13.6. The zero-order valence-corrected chi connectivity index (χ0v) is 36.5. The van der Waals surface area contributed by atoms with Crippen molar-refractivity contribution >= 4 is 99.7 Å². The second kappa shape index (κ2) is 14.6. The van der Waals surface area contributed by atoms with Crippen molar-refractivity contribution in [3.8, 4) is 33.8 Å². The highest BCUT2D eigenvalue weighted by molar-refractivity contribution is 7.99. The summed E-state index contributed by atoms with van der Waals surface area (Å²) in [5.41, 5.74) is 11.2. The molecule has 14 rings (SSSR count). The molecule has 308 valence electrons. The maximum absolute atomic E-state index is 7.08. The van der Waals surface area contributed by atoms with Crippen LogP contribution in [0.15, 0.2) is 240 Å². The zero-order chi connectivity index (χ0) is 43.3. The lowest BCUT2D eigenvalue weighted by Gasteiger charge is -2.34. The van der Waals surface area contributed by atoms with E-state index in [0.29, 0.717) is 0 Å². The molecule has 0 unspecified atom stereocenters. The van der Waals surface area contributed by atoms with Crippen LogP contribution in [0.1, 0.15) is 0 Å². The Hall–Kier alpha value is -8.31. The van der Waals surface area contributed by atoms with Crippen LogP contribution in [0.25, 0.3) is 76.1 Å². The van der Waals surface area contributed by atoms with Crippen molar-refractivity contribution in [2.24, 2.45) is 0 Å². The van der Waals surface area contributed by atoms with Gasteiger partial charge in [-0.15, -0.1) is 0 Å². The van der Waals surface area contributed by atoms with Crippen LogP contribution in [0.2, 0.25) is 0 Å². The summed E-state index contributed by atoms with van der Waals surface area (Å²) in [6.07, 6.45) is 0. The van der Waals surface area contributed by atoms with Crippen molar-refractivity contribution in [2.75, 3.05) is 9.80 Å². The molecule has 0 N–H and O–H groups in total. The number of ether oxygens (including phenoxy) is 1. The number of nitrogens with zero attached hydrogens (tertiary/aromatic N) is 2. The first kappa shape index (κ1) is 37.1. The monoisotopic (exact) mass is 858 g/mol. The lowest BCUT2D eigenvalue weighted by molar-refractivity contribution is 0.483. The predicted molar refractivity (Wildman–Crippen MR) is 278 cm³/mol. The van der Waals surface area contributed by atoms with Crippen molar-refractivity contribution in [3.63, 3.8) is 0 Å². The Balaban J connectivity index is 0.907. The summed E-state index contributed by atoms with van der Waals surface area (Å²) in [4.78, 5) is 7.25. The molecule has 0 aromatic heterocycles. The van der Waals surface area contributed by atoms with E-state index in [2.05, 4.69) is 240 Å². The predicted octanol–water partition coefficient (Wildman–Crippen LogP) is 18.3. The van der Waals surface area contributed by atoms with Crippen LogP contribution in [-0.2, 0) is 0 Å². The Morgan fingerprint density at radius 3 is 1.55 bits per heavy atom. The van der Waals surface area contributed by atoms with Crippen LogP contribution in [0.4, 0.5) is 34.1 Å². The Morgan fingerprint density at radius 2 is 0.803 bits per heavy atom. The second-order valence-electron chi connectivity index (χ2n) is 17.3. The van der Waals surface area contributed by atoms with Gasteiger partial charge in [0.2, 0.25) is 0 Å². The molecule has 0 aliphatic carbocycles. The van der Waals surface area contributed by atoms with Crippen molar-refractivity contribution in [1.29, 1.82) is 0 Å². The first-order chi connectivity index (χ1) is 32.7. The number of rotatable bonds is 4. The molecule has 2 aliphatic heterocycles. The van der Waals surface area contributed by atoms with Gasteiger partial charge in [0.05, 0.1) is 22.7 Å². The van der Waals surface area contributed by atoms with Crippen molar-refractivity contribution in [3.05, 3.63) is 231 Å². The number of benzene rings is 12. The minimum Gasteiger partial charge on any atom is -0.452 e. The fourth-order valence-corrected chi connectivity index (χ4v) is 11.5. The summed E-state index contributed by atoms with van der Waals surface area (Å²) in [6, 6.07) is 84.0. The summed E-state index contributed by atoms with van der Waals surface area (Å²) in [5.74, 6) is 1.68. The molecule has 0 fully saturated rings. The van der Waals surface area contributed by atoms with Crippen LogP contribution >= 0.6 is 11.8 Å². The summed E-state index contributed by atoms with van der Waals surface area (Å²) in [6.45, 7) is 0. The Bertz CT molecular complexity index is 3920. The van der Waals surface area contributed by atoms with Crippen LogP contribution in [-0.4, -0.2) is 0 Å². The quantitative estimate of drug-likeness (QED) is 0.164. The number of fused-ring (bicyclic) bond motifs is 13. The van der Waals surface area contributed by atoms with E-state index in [1.807, 2.05) is 11.8 Å². The molecule has 0 saturated heterocycles. The fraction of sp³-hybridized carbons (Fsp3) is 0. The third-order valence-corrected chi connectivity index (χ3v) is 14.6. The molecule has 12 aromatic rings. The molecular formula is C62H38N2OS. The van der Waals surface area contributed by atoms with E-state index in [4.69, 9.17) is 4.74 Å². The van der Waals surface area contributed by atoms with E-state index >= 15 is 0 Å². The van der Waals surface area contributed by atoms with Crippen LogP contribution in [0.3, 0.4) is 0 Å². The van der Waals surface area contributed by atoms with Crippen LogP contribution < -0.4 is 14.5 Å². The second-order valence-corrected chi connectivity index (χ2v) is 18.4. The molecule has 0 amide bonds. The number of hydrogen-bond donors (Lipinski definition) is 0. The van der Waals surface area contributed by atoms with Gasteiger partial charge in [-0.3, -0.25) is 0 Å². The number of hydrogen-bond acceptors (Lipinski definition) is 4. The van der Waals surface area contributed by atoms with Gasteiger partial charge in [0.15, 0.2) is 11.5 Å². The highest BCUT2D eigenvalue weighted by Crippen LogP contribution is 2.56. The van der Waals surface area contributed by atoms with Crippen LogP contribution in [0, 0.1) is 0 Å². The SMILES string of the molecule is c1ccc(-c2ccc(N3c4ccc(-c5ccc6c(c5)Oc5c(ccc7ccccc57)N6c5ccc6c7ccccc7c7ccccc7c6c5)cc4Sc4cc5ccccc5cc43)cc2)cc1. The van der Waals surface area contributed by atoms with E-state index in [0.717, 1.165) is 61.8 Å². The minimum absolute atomic E-state index is 0.821. The summed E-state index contributed by atoms with van der Waals surface area (Å²) in [7, 11) is 0. The van der Waals surface area contributed by atoms with Crippen molar-refractivity contribution in [1.82, 2.24) is 0 Å². The van der Waals surface area contributed by atoms with Gasteiger partial charge in [0.1, 0.15) is 0 Å². The summed E-state index contributed by atoms with van der Waals surface area (Å²) < 4.78 is 7.08. The molecule has 3 nitrogen and oxygen atoms in total. The molecule has 4 heteroatoms. The van der Waals surface area contributed by atoms with Gasteiger partial charge in [0, 0.05) is 26.6 Å². The maximum atomic E-state index is 7.08. The van der Waals surface area contributed by atoms with Crippen molar-refractivity contribution in [2.45, 2.75) is 9.79 Å². The molecule has 12 aromatic carbocycles.